The number of esters is 1. The van der Waals surface area contributed by atoms with Gasteiger partial charge in [-0.1, -0.05) is 0 Å². The highest BCUT2D eigenvalue weighted by Gasteiger charge is 2.20. The standard InChI is InChI=1S/C15H21NO4/c1-16-8-4-5-12(10-16)20-13-7-6-11(15(17)19-3)9-14(13)18-2/h6-7,9,12H,4-5,8,10H2,1-3H3. The molecule has 0 saturated carbocycles. The molecule has 1 aliphatic heterocycles. The molecule has 1 aromatic carbocycles. The van der Waals surface area contributed by atoms with Crippen molar-refractivity contribution in [3.05, 3.63) is 23.8 Å². The zero-order valence-corrected chi connectivity index (χ0v) is 12.2. The lowest BCUT2D eigenvalue weighted by molar-refractivity contribution is 0.0600. The molecular weight excluding hydrogens is 258 g/mol. The SMILES string of the molecule is COC(=O)c1ccc(OC2CCCN(C)C2)c(OC)c1. The summed E-state index contributed by atoms with van der Waals surface area (Å²) in [7, 11) is 5.01. The molecule has 1 saturated heterocycles. The van der Waals surface area contributed by atoms with Crippen molar-refractivity contribution in [3.8, 4) is 11.5 Å². The van der Waals surface area contributed by atoms with Gasteiger partial charge in [-0.05, 0) is 44.6 Å². The van der Waals surface area contributed by atoms with Crippen molar-refractivity contribution in [2.45, 2.75) is 18.9 Å². The van der Waals surface area contributed by atoms with Crippen LogP contribution in [-0.2, 0) is 4.74 Å². The molecule has 0 N–H and O–H groups in total. The number of rotatable bonds is 4. The smallest absolute Gasteiger partial charge is 0.337 e. The molecule has 5 heteroatoms. The summed E-state index contributed by atoms with van der Waals surface area (Å²) >= 11 is 0. The van der Waals surface area contributed by atoms with Crippen LogP contribution in [0.2, 0.25) is 0 Å². The van der Waals surface area contributed by atoms with E-state index in [0.29, 0.717) is 17.1 Å². The Balaban J connectivity index is 2.13. The minimum Gasteiger partial charge on any atom is -0.493 e. The third-order valence-electron chi connectivity index (χ3n) is 3.46. The number of nitrogens with zero attached hydrogens (tertiary/aromatic N) is 1. The molecule has 0 spiro atoms. The molecule has 1 fully saturated rings. The second-order valence-electron chi connectivity index (χ2n) is 5.00. The molecule has 1 aliphatic rings. The van der Waals surface area contributed by atoms with E-state index in [1.54, 1.807) is 25.3 Å². The van der Waals surface area contributed by atoms with E-state index in [-0.39, 0.29) is 12.1 Å². The summed E-state index contributed by atoms with van der Waals surface area (Å²) < 4.78 is 16.0. The van der Waals surface area contributed by atoms with E-state index in [1.165, 1.54) is 7.11 Å². The van der Waals surface area contributed by atoms with Gasteiger partial charge in [-0.25, -0.2) is 4.79 Å². The lowest BCUT2D eigenvalue weighted by Crippen LogP contribution is -2.38. The van der Waals surface area contributed by atoms with Crippen LogP contribution in [0.15, 0.2) is 18.2 Å². The monoisotopic (exact) mass is 279 g/mol. The van der Waals surface area contributed by atoms with Gasteiger partial charge in [0.25, 0.3) is 0 Å². The zero-order valence-electron chi connectivity index (χ0n) is 12.2. The van der Waals surface area contributed by atoms with Crippen molar-refractivity contribution in [3.63, 3.8) is 0 Å². The molecule has 1 heterocycles. The predicted octanol–water partition coefficient (Wildman–Crippen LogP) is 1.95. The second kappa shape index (κ2) is 6.61. The highest BCUT2D eigenvalue weighted by Crippen LogP contribution is 2.30. The predicted molar refractivity (Wildman–Crippen MR) is 75.5 cm³/mol. The third-order valence-corrected chi connectivity index (χ3v) is 3.46. The normalized spacial score (nSPS) is 19.4. The Hall–Kier alpha value is -1.75. The van der Waals surface area contributed by atoms with Gasteiger partial charge in [0.2, 0.25) is 0 Å². The van der Waals surface area contributed by atoms with E-state index in [4.69, 9.17) is 14.2 Å². The summed E-state index contributed by atoms with van der Waals surface area (Å²) in [6.07, 6.45) is 2.32. The largest absolute Gasteiger partial charge is 0.493 e. The second-order valence-corrected chi connectivity index (χ2v) is 5.00. The Morgan fingerprint density at radius 1 is 1.30 bits per heavy atom. The fraction of sp³-hybridized carbons (Fsp3) is 0.533. The maximum atomic E-state index is 11.5. The van der Waals surface area contributed by atoms with E-state index in [2.05, 4.69) is 11.9 Å². The van der Waals surface area contributed by atoms with Gasteiger partial charge in [0.1, 0.15) is 6.10 Å². The van der Waals surface area contributed by atoms with Gasteiger partial charge >= 0.3 is 5.97 Å². The first-order valence-corrected chi connectivity index (χ1v) is 6.75. The van der Waals surface area contributed by atoms with Crippen LogP contribution in [0.5, 0.6) is 11.5 Å². The first kappa shape index (κ1) is 14.7. The van der Waals surface area contributed by atoms with Gasteiger partial charge in [0.05, 0.1) is 19.8 Å². The van der Waals surface area contributed by atoms with Crippen molar-refractivity contribution in [1.82, 2.24) is 4.90 Å². The number of ether oxygens (including phenoxy) is 3. The first-order valence-electron chi connectivity index (χ1n) is 6.75. The topological polar surface area (TPSA) is 48.0 Å². The quantitative estimate of drug-likeness (QED) is 0.788. The van der Waals surface area contributed by atoms with Crippen LogP contribution in [0.25, 0.3) is 0 Å². The summed E-state index contributed by atoms with van der Waals surface area (Å²) in [5.41, 5.74) is 0.456. The van der Waals surface area contributed by atoms with Crippen molar-refractivity contribution in [2.24, 2.45) is 0 Å². The number of methoxy groups -OCH3 is 2. The molecule has 0 aliphatic carbocycles. The Labute approximate surface area is 119 Å². The minimum absolute atomic E-state index is 0.159. The van der Waals surface area contributed by atoms with Gasteiger partial charge in [-0.2, -0.15) is 0 Å². The number of likely N-dealkylation sites (N-methyl/N-ethyl adjacent to an activating group) is 1. The van der Waals surface area contributed by atoms with Crippen molar-refractivity contribution >= 4 is 5.97 Å². The van der Waals surface area contributed by atoms with Crippen LogP contribution < -0.4 is 9.47 Å². The summed E-state index contributed by atoms with van der Waals surface area (Å²) in [6, 6.07) is 5.10. The maximum absolute atomic E-state index is 11.5. The van der Waals surface area contributed by atoms with Crippen LogP contribution in [0.4, 0.5) is 0 Å². The van der Waals surface area contributed by atoms with Crippen LogP contribution in [-0.4, -0.2) is 51.3 Å². The van der Waals surface area contributed by atoms with Gasteiger partial charge in [0, 0.05) is 6.54 Å². The van der Waals surface area contributed by atoms with E-state index in [1.807, 2.05) is 0 Å². The minimum atomic E-state index is -0.382. The van der Waals surface area contributed by atoms with Crippen molar-refractivity contribution < 1.29 is 19.0 Å². The lowest BCUT2D eigenvalue weighted by Gasteiger charge is -2.30. The molecule has 0 aromatic heterocycles. The number of piperidine rings is 1. The molecule has 1 unspecified atom stereocenters. The maximum Gasteiger partial charge on any atom is 0.337 e. The Morgan fingerprint density at radius 3 is 2.75 bits per heavy atom. The summed E-state index contributed by atoms with van der Waals surface area (Å²) in [5, 5.41) is 0. The van der Waals surface area contributed by atoms with E-state index < -0.39 is 0 Å². The fourth-order valence-electron chi connectivity index (χ4n) is 2.40. The van der Waals surface area contributed by atoms with Gasteiger partial charge in [-0.15, -0.1) is 0 Å². The van der Waals surface area contributed by atoms with Gasteiger partial charge < -0.3 is 19.1 Å². The molecule has 2 rings (SSSR count). The molecule has 20 heavy (non-hydrogen) atoms. The average molecular weight is 279 g/mol. The summed E-state index contributed by atoms with van der Waals surface area (Å²) in [5.74, 6) is 0.842. The molecule has 0 amide bonds. The van der Waals surface area contributed by atoms with Crippen LogP contribution >= 0.6 is 0 Å². The molecule has 0 bridgehead atoms. The average Bonchev–Trinajstić information content (AvgIpc) is 2.47. The van der Waals surface area contributed by atoms with Gasteiger partial charge in [0.15, 0.2) is 11.5 Å². The van der Waals surface area contributed by atoms with Gasteiger partial charge in [-0.3, -0.25) is 0 Å². The molecule has 5 nitrogen and oxygen atoms in total. The number of hydrogen-bond donors (Lipinski definition) is 0. The molecular formula is C15H21NO4. The molecule has 1 atom stereocenters. The van der Waals surface area contributed by atoms with Crippen LogP contribution in [0.1, 0.15) is 23.2 Å². The Kier molecular flexibility index (Phi) is 4.84. The summed E-state index contributed by atoms with van der Waals surface area (Å²) in [6.45, 7) is 2.01. The number of carbonyl (C=O) groups is 1. The summed E-state index contributed by atoms with van der Waals surface area (Å²) in [4.78, 5) is 13.8. The number of benzene rings is 1. The lowest BCUT2D eigenvalue weighted by atomic mass is 10.1. The third kappa shape index (κ3) is 3.42. The van der Waals surface area contributed by atoms with Crippen LogP contribution in [0.3, 0.4) is 0 Å². The number of carbonyl (C=O) groups excluding carboxylic acids is 1. The number of likely N-dealkylation sites (tertiary alicyclic amines) is 1. The Bertz CT molecular complexity index is 475. The molecule has 110 valence electrons. The van der Waals surface area contributed by atoms with Crippen LogP contribution in [0, 0.1) is 0 Å². The fourth-order valence-corrected chi connectivity index (χ4v) is 2.40. The van der Waals surface area contributed by atoms with E-state index >= 15 is 0 Å². The zero-order chi connectivity index (χ0) is 14.5. The molecule has 0 radical (unpaired) electrons. The first-order chi connectivity index (χ1) is 9.63. The van der Waals surface area contributed by atoms with Crippen molar-refractivity contribution in [2.75, 3.05) is 34.4 Å². The van der Waals surface area contributed by atoms with Crippen molar-refractivity contribution in [1.29, 1.82) is 0 Å². The van der Waals surface area contributed by atoms with E-state index in [9.17, 15) is 4.79 Å². The highest BCUT2D eigenvalue weighted by atomic mass is 16.5. The van der Waals surface area contributed by atoms with E-state index in [0.717, 1.165) is 25.9 Å². The highest BCUT2D eigenvalue weighted by molar-refractivity contribution is 5.90. The Morgan fingerprint density at radius 2 is 2.10 bits per heavy atom. The molecule has 1 aromatic rings. The number of hydrogen-bond acceptors (Lipinski definition) is 5.